The molecule has 2 aromatic rings. The van der Waals surface area contributed by atoms with Gasteiger partial charge in [0.2, 0.25) is 0 Å². The van der Waals surface area contributed by atoms with E-state index in [1.54, 1.807) is 12.1 Å². The van der Waals surface area contributed by atoms with E-state index in [0.717, 1.165) is 4.90 Å². The molecule has 0 aliphatic heterocycles. The highest BCUT2D eigenvalue weighted by Gasteiger charge is 2.08. The molecule has 0 fully saturated rings. The molecular formula is C11H12N2O4S. The number of anilines is 1. The molecule has 0 saturated carbocycles. The summed E-state index contributed by atoms with van der Waals surface area (Å²) in [6, 6.07) is 3.32. The van der Waals surface area contributed by atoms with E-state index < -0.39 is 5.76 Å². The van der Waals surface area contributed by atoms with Crippen molar-refractivity contribution in [1.29, 1.82) is 0 Å². The van der Waals surface area contributed by atoms with Gasteiger partial charge in [-0.1, -0.05) is 0 Å². The number of oxazole rings is 1. The number of fused-ring (bicyclic) bond motifs is 1. The van der Waals surface area contributed by atoms with Crippen LogP contribution in [0.5, 0.6) is 0 Å². The molecule has 1 heterocycles. The lowest BCUT2D eigenvalue weighted by molar-refractivity contribution is -0.140. The first kappa shape index (κ1) is 12.6. The molecule has 0 saturated heterocycles. The van der Waals surface area contributed by atoms with Gasteiger partial charge in [0.15, 0.2) is 5.58 Å². The van der Waals surface area contributed by atoms with Crippen molar-refractivity contribution in [3.05, 3.63) is 22.7 Å². The number of hydrogen-bond acceptors (Lipinski definition) is 6. The predicted octanol–water partition coefficient (Wildman–Crippen LogP) is 1.36. The van der Waals surface area contributed by atoms with Gasteiger partial charge in [0.1, 0.15) is 0 Å². The molecule has 7 heteroatoms. The van der Waals surface area contributed by atoms with Crippen LogP contribution < -0.4 is 11.5 Å². The van der Waals surface area contributed by atoms with Gasteiger partial charge in [0.25, 0.3) is 0 Å². The number of carbonyl (C=O) groups is 1. The van der Waals surface area contributed by atoms with Crippen molar-refractivity contribution in [3.8, 4) is 0 Å². The third-order valence-electron chi connectivity index (χ3n) is 2.34. The summed E-state index contributed by atoms with van der Waals surface area (Å²) in [6.45, 7) is 0. The minimum atomic E-state index is -0.513. The summed E-state index contributed by atoms with van der Waals surface area (Å²) in [7, 11) is 1.35. The first-order valence-electron chi connectivity index (χ1n) is 5.22. The molecule has 0 radical (unpaired) electrons. The van der Waals surface area contributed by atoms with E-state index in [0.29, 0.717) is 29.0 Å². The molecule has 1 aromatic heterocycles. The van der Waals surface area contributed by atoms with Crippen LogP contribution in [0, 0.1) is 0 Å². The molecule has 0 atom stereocenters. The maximum Gasteiger partial charge on any atom is 0.417 e. The van der Waals surface area contributed by atoms with Crippen LogP contribution in [0.2, 0.25) is 0 Å². The quantitative estimate of drug-likeness (QED) is 0.493. The Hall–Kier alpha value is -1.89. The second-order valence-corrected chi connectivity index (χ2v) is 4.71. The second kappa shape index (κ2) is 5.18. The standard InChI is InChI=1S/C11H12N2O4S/c1-16-10(14)2-3-18-9-5-7-8(4-6(9)12)17-11(15)13-7/h4-5H,2-3,12H2,1H3,(H,13,15). The number of hydrogen-bond donors (Lipinski definition) is 2. The fraction of sp³-hybridized carbons (Fsp3) is 0.273. The van der Waals surface area contributed by atoms with Crippen LogP contribution in [-0.2, 0) is 9.53 Å². The maximum absolute atomic E-state index is 11.0. The van der Waals surface area contributed by atoms with Crippen molar-refractivity contribution in [2.45, 2.75) is 11.3 Å². The third kappa shape index (κ3) is 2.67. The van der Waals surface area contributed by atoms with Crippen molar-refractivity contribution in [2.24, 2.45) is 0 Å². The smallest absolute Gasteiger partial charge is 0.417 e. The fourth-order valence-electron chi connectivity index (χ4n) is 1.46. The number of carbonyl (C=O) groups excluding carboxylic acids is 1. The van der Waals surface area contributed by atoms with Gasteiger partial charge in [-0.3, -0.25) is 9.78 Å². The summed E-state index contributed by atoms with van der Waals surface area (Å²) in [6.07, 6.45) is 0.306. The lowest BCUT2D eigenvalue weighted by atomic mass is 10.3. The molecule has 96 valence electrons. The van der Waals surface area contributed by atoms with Crippen molar-refractivity contribution in [3.63, 3.8) is 0 Å². The molecule has 0 bridgehead atoms. The Morgan fingerprint density at radius 3 is 3.06 bits per heavy atom. The Kier molecular flexibility index (Phi) is 3.61. The van der Waals surface area contributed by atoms with Crippen LogP contribution in [0.3, 0.4) is 0 Å². The lowest BCUT2D eigenvalue weighted by Gasteiger charge is -2.04. The zero-order valence-electron chi connectivity index (χ0n) is 9.69. The van der Waals surface area contributed by atoms with Gasteiger partial charge < -0.3 is 14.9 Å². The van der Waals surface area contributed by atoms with Crippen LogP contribution in [0.15, 0.2) is 26.2 Å². The average Bonchev–Trinajstić information content (AvgIpc) is 2.68. The van der Waals surface area contributed by atoms with E-state index in [1.807, 2.05) is 0 Å². The monoisotopic (exact) mass is 268 g/mol. The number of nitrogen functional groups attached to an aromatic ring is 1. The number of nitrogens with one attached hydrogen (secondary N) is 1. The zero-order chi connectivity index (χ0) is 13.1. The summed E-state index contributed by atoms with van der Waals surface area (Å²) in [5, 5.41) is 0. The number of rotatable bonds is 4. The summed E-state index contributed by atoms with van der Waals surface area (Å²) in [4.78, 5) is 25.3. The Balaban J connectivity index is 2.15. The molecule has 6 nitrogen and oxygen atoms in total. The molecule has 1 aromatic carbocycles. The van der Waals surface area contributed by atoms with E-state index in [-0.39, 0.29) is 5.97 Å². The van der Waals surface area contributed by atoms with Gasteiger partial charge in [-0.2, -0.15) is 0 Å². The van der Waals surface area contributed by atoms with Crippen LogP contribution in [0.25, 0.3) is 11.1 Å². The molecule has 18 heavy (non-hydrogen) atoms. The van der Waals surface area contributed by atoms with E-state index in [2.05, 4.69) is 9.72 Å². The molecule has 0 aliphatic carbocycles. The van der Waals surface area contributed by atoms with Gasteiger partial charge in [-0.25, -0.2) is 4.79 Å². The number of methoxy groups -OCH3 is 1. The van der Waals surface area contributed by atoms with Gasteiger partial charge in [-0.05, 0) is 6.07 Å². The van der Waals surface area contributed by atoms with Crippen LogP contribution in [0.4, 0.5) is 5.69 Å². The van der Waals surface area contributed by atoms with Crippen LogP contribution >= 0.6 is 11.8 Å². The van der Waals surface area contributed by atoms with Gasteiger partial charge >= 0.3 is 11.7 Å². The highest BCUT2D eigenvalue weighted by atomic mass is 32.2. The third-order valence-corrected chi connectivity index (χ3v) is 3.42. The van der Waals surface area contributed by atoms with Gasteiger partial charge in [-0.15, -0.1) is 11.8 Å². The molecule has 0 spiro atoms. The number of nitrogens with two attached hydrogens (primary N) is 1. The predicted molar refractivity (Wildman–Crippen MR) is 68.6 cm³/mol. The van der Waals surface area contributed by atoms with E-state index in [1.165, 1.54) is 18.9 Å². The summed E-state index contributed by atoms with van der Waals surface area (Å²) in [5.41, 5.74) is 7.36. The largest absolute Gasteiger partial charge is 0.469 e. The number of esters is 1. The van der Waals surface area contributed by atoms with Gasteiger partial charge in [0.05, 0.1) is 19.0 Å². The van der Waals surface area contributed by atoms with Crippen molar-refractivity contribution >= 4 is 34.5 Å². The Bertz CT molecular complexity index is 631. The van der Waals surface area contributed by atoms with Crippen molar-refractivity contribution in [2.75, 3.05) is 18.6 Å². The minimum Gasteiger partial charge on any atom is -0.469 e. The number of ether oxygens (including phenoxy) is 1. The molecule has 2 rings (SSSR count). The number of aromatic amines is 1. The van der Waals surface area contributed by atoms with Crippen molar-refractivity contribution in [1.82, 2.24) is 4.98 Å². The molecule has 0 amide bonds. The SMILES string of the molecule is COC(=O)CCSc1cc2[nH]c(=O)oc2cc1N. The lowest BCUT2D eigenvalue weighted by Crippen LogP contribution is -2.01. The second-order valence-electron chi connectivity index (χ2n) is 3.58. The minimum absolute atomic E-state index is 0.265. The Labute approximate surface area is 106 Å². The highest BCUT2D eigenvalue weighted by molar-refractivity contribution is 7.99. The van der Waals surface area contributed by atoms with Gasteiger partial charge in [0, 0.05) is 22.4 Å². The Morgan fingerprint density at radius 2 is 2.33 bits per heavy atom. The Morgan fingerprint density at radius 1 is 1.56 bits per heavy atom. The molecule has 0 unspecified atom stereocenters. The number of H-pyrrole nitrogens is 1. The summed E-state index contributed by atoms with van der Waals surface area (Å²) >= 11 is 1.43. The first-order chi connectivity index (χ1) is 8.60. The average molecular weight is 268 g/mol. The number of aromatic nitrogens is 1. The first-order valence-corrected chi connectivity index (χ1v) is 6.20. The molecule has 3 N–H and O–H groups in total. The fourth-order valence-corrected chi connectivity index (χ4v) is 2.38. The summed E-state index contributed by atoms with van der Waals surface area (Å²) < 4.78 is 9.44. The van der Waals surface area contributed by atoms with Crippen LogP contribution in [0.1, 0.15) is 6.42 Å². The number of thioether (sulfide) groups is 1. The van der Waals surface area contributed by atoms with E-state index in [9.17, 15) is 9.59 Å². The van der Waals surface area contributed by atoms with Crippen molar-refractivity contribution < 1.29 is 13.9 Å². The maximum atomic E-state index is 11.0. The highest BCUT2D eigenvalue weighted by Crippen LogP contribution is 2.29. The number of benzene rings is 1. The molecule has 0 aliphatic rings. The molecular weight excluding hydrogens is 256 g/mol. The van der Waals surface area contributed by atoms with E-state index in [4.69, 9.17) is 10.2 Å². The van der Waals surface area contributed by atoms with E-state index >= 15 is 0 Å². The normalized spacial score (nSPS) is 10.7. The zero-order valence-corrected chi connectivity index (χ0v) is 10.5. The van der Waals surface area contributed by atoms with Crippen LogP contribution in [-0.4, -0.2) is 23.8 Å². The summed E-state index contributed by atoms with van der Waals surface area (Å²) in [5.74, 6) is -0.218. The topological polar surface area (TPSA) is 98.3 Å².